The molecule has 108 valence electrons. The monoisotopic (exact) mass is 293 g/mol. The van der Waals surface area contributed by atoms with E-state index in [1.165, 1.54) is 6.07 Å². The van der Waals surface area contributed by atoms with Crippen molar-refractivity contribution in [3.63, 3.8) is 0 Å². The number of carbonyl (C=O) groups is 1. The molecule has 0 amide bonds. The third-order valence-electron chi connectivity index (χ3n) is 3.63. The highest BCUT2D eigenvalue weighted by Gasteiger charge is 2.19. The van der Waals surface area contributed by atoms with E-state index in [4.69, 9.17) is 10.2 Å². The molecule has 0 aliphatic heterocycles. The predicted molar refractivity (Wildman–Crippen MR) is 82.9 cm³/mol. The third-order valence-corrected chi connectivity index (χ3v) is 3.63. The number of benzene rings is 2. The molecule has 3 N–H and O–H groups in total. The van der Waals surface area contributed by atoms with Crippen LogP contribution in [0.3, 0.4) is 0 Å². The Morgan fingerprint density at radius 2 is 2.05 bits per heavy atom. The number of H-pyrrole nitrogens is 1. The summed E-state index contributed by atoms with van der Waals surface area (Å²) in [5, 5.41) is 0.754. The minimum Gasteiger partial charge on any atom is -0.407 e. The second-order valence-electron chi connectivity index (χ2n) is 4.98. The number of nitrogens with two attached hydrogens (primary N) is 1. The Labute approximate surface area is 123 Å². The lowest BCUT2D eigenvalue weighted by Gasteiger charge is -2.03. The first kappa shape index (κ1) is 12.5. The molecule has 0 saturated heterocycles. The van der Waals surface area contributed by atoms with Crippen molar-refractivity contribution in [1.82, 2.24) is 9.55 Å². The first-order valence-electron chi connectivity index (χ1n) is 6.67. The summed E-state index contributed by atoms with van der Waals surface area (Å²) in [4.78, 5) is 27.9. The van der Waals surface area contributed by atoms with Crippen LogP contribution in [0.5, 0.6) is 0 Å². The lowest BCUT2D eigenvalue weighted by molar-refractivity contribution is 0.0958. The van der Waals surface area contributed by atoms with Gasteiger partial charge in [-0.1, -0.05) is 6.07 Å². The van der Waals surface area contributed by atoms with E-state index in [0.29, 0.717) is 22.4 Å². The fourth-order valence-corrected chi connectivity index (χ4v) is 2.62. The van der Waals surface area contributed by atoms with Crippen LogP contribution in [0.4, 0.5) is 5.69 Å². The van der Waals surface area contributed by atoms with E-state index in [9.17, 15) is 9.59 Å². The summed E-state index contributed by atoms with van der Waals surface area (Å²) in [6.45, 7) is 0. The van der Waals surface area contributed by atoms with E-state index in [1.807, 2.05) is 6.07 Å². The molecule has 0 fully saturated rings. The fraction of sp³-hybridized carbons (Fsp3) is 0. The van der Waals surface area contributed by atoms with E-state index in [-0.39, 0.29) is 0 Å². The summed E-state index contributed by atoms with van der Waals surface area (Å²) in [6, 6.07) is 11.9. The summed E-state index contributed by atoms with van der Waals surface area (Å²) >= 11 is 0. The molecule has 2 aromatic heterocycles. The Morgan fingerprint density at radius 1 is 1.18 bits per heavy atom. The van der Waals surface area contributed by atoms with Gasteiger partial charge in [0, 0.05) is 34.4 Å². The molecule has 0 bridgehead atoms. The average Bonchev–Trinajstić information content (AvgIpc) is 3.09. The van der Waals surface area contributed by atoms with E-state index >= 15 is 0 Å². The molecule has 2 heterocycles. The summed E-state index contributed by atoms with van der Waals surface area (Å²) in [6.07, 6.45) is 1.75. The lowest BCUT2D eigenvalue weighted by Crippen LogP contribution is -2.23. The number of anilines is 1. The molecule has 0 atom stereocenters. The Kier molecular flexibility index (Phi) is 2.47. The van der Waals surface area contributed by atoms with E-state index in [2.05, 4.69) is 4.98 Å². The predicted octanol–water partition coefficient (Wildman–Crippen LogP) is 2.35. The number of hydrogen-bond acceptors (Lipinski definition) is 4. The summed E-state index contributed by atoms with van der Waals surface area (Å²) < 4.78 is 6.14. The zero-order valence-electron chi connectivity index (χ0n) is 11.4. The second-order valence-corrected chi connectivity index (χ2v) is 4.98. The van der Waals surface area contributed by atoms with Gasteiger partial charge >= 0.3 is 5.76 Å². The van der Waals surface area contributed by atoms with Crippen LogP contribution < -0.4 is 11.5 Å². The zero-order valence-corrected chi connectivity index (χ0v) is 11.4. The second kappa shape index (κ2) is 4.36. The van der Waals surface area contributed by atoms with Crippen LogP contribution in [0.15, 0.2) is 57.9 Å². The van der Waals surface area contributed by atoms with Crippen molar-refractivity contribution in [2.24, 2.45) is 0 Å². The average molecular weight is 293 g/mol. The number of fused-ring (bicyclic) bond motifs is 2. The van der Waals surface area contributed by atoms with Gasteiger partial charge in [0.15, 0.2) is 5.58 Å². The summed E-state index contributed by atoms with van der Waals surface area (Å²) in [7, 11) is 0. The highest BCUT2D eigenvalue weighted by molar-refractivity contribution is 6.09. The fourth-order valence-electron chi connectivity index (χ4n) is 2.62. The third kappa shape index (κ3) is 1.67. The maximum atomic E-state index is 12.8. The molecule has 0 saturated carbocycles. The Hall–Kier alpha value is -3.28. The highest BCUT2D eigenvalue weighted by Crippen LogP contribution is 2.21. The maximum Gasteiger partial charge on any atom is 0.427 e. The molecule has 6 nitrogen and oxygen atoms in total. The van der Waals surface area contributed by atoms with Gasteiger partial charge in [0.2, 0.25) is 0 Å². The molecule has 4 rings (SSSR count). The first-order chi connectivity index (χ1) is 10.6. The zero-order chi connectivity index (χ0) is 15.3. The van der Waals surface area contributed by atoms with E-state index in [1.54, 1.807) is 36.5 Å². The van der Waals surface area contributed by atoms with E-state index in [0.717, 1.165) is 15.5 Å². The van der Waals surface area contributed by atoms with Gasteiger partial charge in [-0.3, -0.25) is 4.79 Å². The molecular formula is C16H11N3O3. The number of nitrogens with one attached hydrogen (secondary N) is 1. The van der Waals surface area contributed by atoms with Gasteiger partial charge in [0.25, 0.3) is 5.91 Å². The Bertz CT molecular complexity index is 1080. The topological polar surface area (TPSA) is 94.0 Å². The van der Waals surface area contributed by atoms with Crippen molar-refractivity contribution in [2.45, 2.75) is 0 Å². The Morgan fingerprint density at radius 3 is 2.91 bits per heavy atom. The standard InChI is InChI=1S/C16H11N3O3/c17-9-4-5-13-14(8-9)22-16(21)19(13)15(20)11-2-1-3-12-10(11)6-7-18-12/h1-8,18H,17H2. The first-order valence-corrected chi connectivity index (χ1v) is 6.67. The van der Waals surface area contributed by atoms with Gasteiger partial charge in [-0.05, 0) is 30.3 Å². The molecule has 0 unspecified atom stereocenters. The smallest absolute Gasteiger partial charge is 0.407 e. The number of aromatic amines is 1. The molecule has 0 spiro atoms. The number of hydrogen-bond donors (Lipinski definition) is 2. The van der Waals surface area contributed by atoms with Crippen LogP contribution in [0.1, 0.15) is 10.4 Å². The van der Waals surface area contributed by atoms with Gasteiger partial charge in [-0.15, -0.1) is 0 Å². The van der Waals surface area contributed by atoms with Crippen LogP contribution in [0.2, 0.25) is 0 Å². The summed E-state index contributed by atoms with van der Waals surface area (Å²) in [5.74, 6) is -1.16. The van der Waals surface area contributed by atoms with Crippen molar-refractivity contribution < 1.29 is 9.21 Å². The van der Waals surface area contributed by atoms with Gasteiger partial charge in [-0.2, -0.15) is 0 Å². The Balaban J connectivity index is 1.99. The minimum absolute atomic E-state index is 0.291. The van der Waals surface area contributed by atoms with Crippen molar-refractivity contribution in [1.29, 1.82) is 0 Å². The molecule has 2 aromatic carbocycles. The van der Waals surface area contributed by atoms with Gasteiger partial charge in [0.05, 0.1) is 5.52 Å². The van der Waals surface area contributed by atoms with Crippen molar-refractivity contribution >= 4 is 33.6 Å². The minimum atomic E-state index is -0.724. The van der Waals surface area contributed by atoms with Crippen LogP contribution in [0, 0.1) is 0 Å². The quantitative estimate of drug-likeness (QED) is 0.527. The SMILES string of the molecule is Nc1ccc2c(c1)oc(=O)n2C(=O)c1cccc2[nH]ccc12. The largest absolute Gasteiger partial charge is 0.427 e. The lowest BCUT2D eigenvalue weighted by atomic mass is 10.1. The van der Waals surface area contributed by atoms with Crippen molar-refractivity contribution in [2.75, 3.05) is 5.73 Å². The normalized spacial score (nSPS) is 11.3. The summed E-state index contributed by atoms with van der Waals surface area (Å²) in [5.41, 5.74) is 8.09. The molecule has 4 aromatic rings. The number of nitrogen functional groups attached to an aromatic ring is 1. The maximum absolute atomic E-state index is 12.8. The van der Waals surface area contributed by atoms with Crippen LogP contribution >= 0.6 is 0 Å². The molecule has 6 heteroatoms. The molecule has 22 heavy (non-hydrogen) atoms. The molecule has 0 radical (unpaired) electrons. The van der Waals surface area contributed by atoms with Gasteiger partial charge in [0.1, 0.15) is 0 Å². The van der Waals surface area contributed by atoms with Crippen molar-refractivity contribution in [3.8, 4) is 0 Å². The number of oxazole rings is 1. The van der Waals surface area contributed by atoms with Crippen LogP contribution in [-0.4, -0.2) is 15.5 Å². The number of aromatic nitrogens is 2. The van der Waals surface area contributed by atoms with Gasteiger partial charge in [-0.25, -0.2) is 9.36 Å². The number of rotatable bonds is 1. The molecule has 0 aliphatic rings. The highest BCUT2D eigenvalue weighted by atomic mass is 16.4. The van der Waals surface area contributed by atoms with Crippen molar-refractivity contribution in [3.05, 3.63) is 64.8 Å². The molecular weight excluding hydrogens is 282 g/mol. The van der Waals surface area contributed by atoms with Crippen LogP contribution in [-0.2, 0) is 0 Å². The van der Waals surface area contributed by atoms with Crippen LogP contribution in [0.25, 0.3) is 22.0 Å². The molecule has 0 aliphatic carbocycles. The number of carbonyl (C=O) groups excluding carboxylic acids is 1. The van der Waals surface area contributed by atoms with Gasteiger partial charge < -0.3 is 15.1 Å². The number of nitrogens with zero attached hydrogens (tertiary/aromatic N) is 1. The van der Waals surface area contributed by atoms with E-state index < -0.39 is 11.7 Å².